The van der Waals surface area contributed by atoms with E-state index < -0.39 is 18.9 Å². The molecule has 0 aliphatic carbocycles. The minimum Gasteiger partial charge on any atom is -0.490 e. The second-order valence-electron chi connectivity index (χ2n) is 5.12. The Morgan fingerprint density at radius 3 is 2.48 bits per heavy atom. The highest BCUT2D eigenvalue weighted by atomic mass is 35.5. The van der Waals surface area contributed by atoms with Crippen molar-refractivity contribution in [2.24, 2.45) is 0 Å². The second kappa shape index (κ2) is 9.57. The summed E-state index contributed by atoms with van der Waals surface area (Å²) in [6, 6.07) is 11.5. The van der Waals surface area contributed by atoms with Gasteiger partial charge in [0, 0.05) is 11.1 Å². The Bertz CT molecular complexity index is 787. The van der Waals surface area contributed by atoms with E-state index in [1.165, 1.54) is 6.07 Å². The van der Waals surface area contributed by atoms with Crippen molar-refractivity contribution < 1.29 is 32.2 Å². The number of carbonyl (C=O) groups is 1. The fourth-order valence-electron chi connectivity index (χ4n) is 1.84. The summed E-state index contributed by atoms with van der Waals surface area (Å²) >= 11 is 12.0. The van der Waals surface area contributed by atoms with Crippen LogP contribution in [0, 0.1) is 0 Å². The van der Waals surface area contributed by atoms with Gasteiger partial charge in [-0.2, -0.15) is 13.2 Å². The molecule has 0 unspecified atom stereocenters. The van der Waals surface area contributed by atoms with Crippen LogP contribution in [0.25, 0.3) is 0 Å². The number of carbonyl (C=O) groups excluding carboxylic acids is 1. The normalized spacial score (nSPS) is 11.0. The van der Waals surface area contributed by atoms with Crippen LogP contribution in [0.1, 0.15) is 0 Å². The van der Waals surface area contributed by atoms with Gasteiger partial charge in [0.1, 0.15) is 23.9 Å². The highest BCUT2D eigenvalue weighted by molar-refractivity contribution is 6.32. The lowest BCUT2D eigenvalue weighted by Crippen LogP contribution is -2.31. The van der Waals surface area contributed by atoms with Gasteiger partial charge in [-0.25, -0.2) is 4.79 Å². The minimum absolute atomic E-state index is 0.0185. The molecule has 0 aliphatic rings. The molecule has 1 N–H and O–H groups in total. The first-order valence-corrected chi connectivity index (χ1v) is 8.32. The van der Waals surface area contributed by atoms with Crippen molar-refractivity contribution >= 4 is 29.3 Å². The van der Waals surface area contributed by atoms with E-state index in [0.29, 0.717) is 22.3 Å². The van der Waals surface area contributed by atoms with E-state index in [1.807, 2.05) is 0 Å². The summed E-state index contributed by atoms with van der Waals surface area (Å²) in [4.78, 5) is 11.1. The number of alkyl carbamates (subject to hydrolysis) is 1. The molecule has 0 aliphatic heterocycles. The lowest BCUT2D eigenvalue weighted by Gasteiger charge is -2.12. The minimum atomic E-state index is -4.57. The van der Waals surface area contributed by atoms with Crippen molar-refractivity contribution in [1.82, 2.24) is 5.32 Å². The van der Waals surface area contributed by atoms with Gasteiger partial charge in [-0.1, -0.05) is 29.3 Å². The quantitative estimate of drug-likeness (QED) is 0.601. The van der Waals surface area contributed by atoms with E-state index in [2.05, 4.69) is 10.1 Å². The first kappa shape index (κ1) is 21.0. The maximum Gasteiger partial charge on any atom is 0.422 e. The maximum absolute atomic E-state index is 11.9. The van der Waals surface area contributed by atoms with Gasteiger partial charge in [-0.05, 0) is 30.3 Å². The molecule has 0 spiro atoms. The van der Waals surface area contributed by atoms with Crippen LogP contribution in [0.15, 0.2) is 42.5 Å². The third-order valence-corrected chi connectivity index (χ3v) is 3.46. The van der Waals surface area contributed by atoms with E-state index in [4.69, 9.17) is 32.7 Å². The Morgan fingerprint density at radius 2 is 1.81 bits per heavy atom. The molecule has 0 saturated carbocycles. The highest BCUT2D eigenvalue weighted by Gasteiger charge is 2.29. The van der Waals surface area contributed by atoms with Crippen LogP contribution in [0.5, 0.6) is 17.2 Å². The van der Waals surface area contributed by atoms with Crippen LogP contribution in [0.2, 0.25) is 10.0 Å². The van der Waals surface area contributed by atoms with Crippen molar-refractivity contribution in [3.63, 3.8) is 0 Å². The van der Waals surface area contributed by atoms with Gasteiger partial charge >= 0.3 is 12.3 Å². The van der Waals surface area contributed by atoms with E-state index >= 15 is 0 Å². The number of nitrogens with one attached hydrogen (secondary N) is 1. The third-order valence-electron chi connectivity index (χ3n) is 2.93. The first-order chi connectivity index (χ1) is 12.7. The molecule has 0 aromatic heterocycles. The summed E-state index contributed by atoms with van der Waals surface area (Å²) in [6.45, 7) is -1.73. The molecule has 0 fully saturated rings. The molecule has 10 heteroatoms. The van der Waals surface area contributed by atoms with Gasteiger partial charge < -0.3 is 19.5 Å². The summed E-state index contributed by atoms with van der Waals surface area (Å²) in [5, 5.41) is 2.91. The summed E-state index contributed by atoms with van der Waals surface area (Å²) in [6.07, 6.45) is -5.76. The van der Waals surface area contributed by atoms with Gasteiger partial charge in [0.2, 0.25) is 0 Å². The Morgan fingerprint density at radius 1 is 1.07 bits per heavy atom. The number of benzene rings is 2. The summed E-state index contributed by atoms with van der Waals surface area (Å²) in [7, 11) is 0. The monoisotopic (exact) mass is 423 g/mol. The molecule has 0 bridgehead atoms. The Hall–Kier alpha value is -2.32. The summed E-state index contributed by atoms with van der Waals surface area (Å²) in [5.41, 5.74) is 0. The number of halogens is 5. The molecule has 2 aromatic rings. The van der Waals surface area contributed by atoms with E-state index in [0.717, 1.165) is 0 Å². The van der Waals surface area contributed by atoms with Gasteiger partial charge in [0.15, 0.2) is 6.61 Å². The van der Waals surface area contributed by atoms with Gasteiger partial charge in [0.05, 0.1) is 11.6 Å². The van der Waals surface area contributed by atoms with Gasteiger partial charge in [-0.15, -0.1) is 0 Å². The van der Waals surface area contributed by atoms with E-state index in [1.54, 1.807) is 36.4 Å². The highest BCUT2D eigenvalue weighted by Crippen LogP contribution is 2.31. The number of rotatable bonds is 7. The van der Waals surface area contributed by atoms with Gasteiger partial charge in [0.25, 0.3) is 0 Å². The average molecular weight is 424 g/mol. The predicted octanol–water partition coefficient (Wildman–Crippen LogP) is 5.45. The number of hydrogen-bond donors (Lipinski definition) is 1. The molecule has 146 valence electrons. The molecule has 0 radical (unpaired) electrons. The van der Waals surface area contributed by atoms with Crippen molar-refractivity contribution in [3.05, 3.63) is 52.5 Å². The molecular weight excluding hydrogens is 410 g/mol. The molecule has 27 heavy (non-hydrogen) atoms. The molecule has 0 saturated heterocycles. The number of ether oxygens (including phenoxy) is 3. The maximum atomic E-state index is 11.9. The number of amides is 1. The number of hydrogen-bond acceptors (Lipinski definition) is 4. The van der Waals surface area contributed by atoms with Crippen LogP contribution >= 0.6 is 23.2 Å². The molecule has 2 aromatic carbocycles. The van der Waals surface area contributed by atoms with Crippen LogP contribution in [0.4, 0.5) is 18.0 Å². The topological polar surface area (TPSA) is 56.8 Å². The van der Waals surface area contributed by atoms with Crippen molar-refractivity contribution in [3.8, 4) is 17.2 Å². The number of alkyl halides is 3. The average Bonchev–Trinajstić information content (AvgIpc) is 2.58. The van der Waals surface area contributed by atoms with Crippen molar-refractivity contribution in [2.75, 3.05) is 19.8 Å². The molecular formula is C17H14Cl2F3NO4. The molecule has 2 rings (SSSR count). The molecule has 1 amide bonds. The summed E-state index contributed by atoms with van der Waals surface area (Å²) in [5.74, 6) is 1.32. The largest absolute Gasteiger partial charge is 0.490 e. The second-order valence-corrected chi connectivity index (χ2v) is 5.96. The van der Waals surface area contributed by atoms with Gasteiger partial charge in [-0.3, -0.25) is 0 Å². The summed E-state index contributed by atoms with van der Waals surface area (Å²) < 4.78 is 50.6. The molecule has 0 heterocycles. The lowest BCUT2D eigenvalue weighted by molar-refractivity contribution is -0.160. The van der Waals surface area contributed by atoms with Crippen molar-refractivity contribution in [2.45, 2.75) is 6.18 Å². The molecule has 5 nitrogen and oxygen atoms in total. The Balaban J connectivity index is 1.78. The van der Waals surface area contributed by atoms with E-state index in [9.17, 15) is 18.0 Å². The van der Waals surface area contributed by atoms with Crippen LogP contribution in [-0.4, -0.2) is 32.0 Å². The third kappa shape index (κ3) is 7.84. The predicted molar refractivity (Wildman–Crippen MR) is 93.9 cm³/mol. The SMILES string of the molecule is O=C(NCCOc1ccc(Oc2cccc(Cl)c2)cc1Cl)OCC(F)(F)F. The standard InChI is InChI=1S/C17H14Cl2F3NO4/c18-11-2-1-3-12(8-11)27-13-4-5-15(14(19)9-13)25-7-6-23-16(24)26-10-17(20,21)22/h1-5,8-9H,6-7,10H2,(H,23,24). The van der Waals surface area contributed by atoms with Crippen LogP contribution in [0.3, 0.4) is 0 Å². The first-order valence-electron chi connectivity index (χ1n) is 7.56. The fraction of sp³-hybridized carbons (Fsp3) is 0.235. The Kier molecular flexibility index (Phi) is 7.44. The fourth-order valence-corrected chi connectivity index (χ4v) is 2.25. The smallest absolute Gasteiger partial charge is 0.422 e. The van der Waals surface area contributed by atoms with Crippen LogP contribution in [-0.2, 0) is 4.74 Å². The zero-order valence-electron chi connectivity index (χ0n) is 13.7. The van der Waals surface area contributed by atoms with Crippen LogP contribution < -0.4 is 14.8 Å². The Labute approximate surface area is 162 Å². The zero-order chi connectivity index (χ0) is 19.9. The van der Waals surface area contributed by atoms with E-state index in [-0.39, 0.29) is 18.2 Å². The lowest BCUT2D eigenvalue weighted by atomic mass is 10.3. The molecule has 0 atom stereocenters. The van der Waals surface area contributed by atoms with Crippen molar-refractivity contribution in [1.29, 1.82) is 0 Å². The zero-order valence-corrected chi connectivity index (χ0v) is 15.2.